The van der Waals surface area contributed by atoms with Crippen LogP contribution in [0.3, 0.4) is 0 Å². The zero-order valence-corrected chi connectivity index (χ0v) is 13.5. The Balaban J connectivity index is 1.45. The fourth-order valence-electron chi connectivity index (χ4n) is 2.97. The topological polar surface area (TPSA) is 67.6 Å². The molecule has 1 aliphatic rings. The Morgan fingerprint density at radius 1 is 1.23 bits per heavy atom. The van der Waals surface area contributed by atoms with Crippen LogP contribution in [0.1, 0.15) is 26.1 Å². The molecule has 3 heterocycles. The number of ether oxygens (including phenoxy) is 1. The molecule has 0 aromatic carbocycles. The highest BCUT2D eigenvalue weighted by molar-refractivity contribution is 5.43. The van der Waals surface area contributed by atoms with Crippen LogP contribution in [0.4, 0.5) is 5.82 Å². The van der Waals surface area contributed by atoms with Crippen molar-refractivity contribution in [3.8, 4) is 0 Å². The molecule has 22 heavy (non-hydrogen) atoms. The number of rotatable bonds is 5. The van der Waals surface area contributed by atoms with E-state index in [1.54, 1.807) is 4.63 Å². The van der Waals surface area contributed by atoms with E-state index in [1.807, 2.05) is 19.1 Å². The summed E-state index contributed by atoms with van der Waals surface area (Å²) in [6.45, 7) is 10.2. The zero-order chi connectivity index (χ0) is 15.5. The Kier molecular flexibility index (Phi) is 4.54. The first kappa shape index (κ1) is 15.2. The number of aryl methyl sites for hydroxylation is 1. The number of nitrogens with one attached hydrogen (secondary N) is 1. The third-order valence-electron chi connectivity index (χ3n) is 3.77. The minimum absolute atomic E-state index is 0.330. The molecule has 0 radical (unpaired) electrons. The molecule has 0 unspecified atom stereocenters. The minimum atomic E-state index is 0.330. The van der Waals surface area contributed by atoms with Gasteiger partial charge < -0.3 is 10.1 Å². The van der Waals surface area contributed by atoms with Gasteiger partial charge in [0.05, 0.1) is 12.2 Å². The highest BCUT2D eigenvalue weighted by atomic mass is 16.5. The third-order valence-corrected chi connectivity index (χ3v) is 3.77. The number of anilines is 1. The first-order valence-corrected chi connectivity index (χ1v) is 7.92. The van der Waals surface area contributed by atoms with Gasteiger partial charge in [0.15, 0.2) is 5.65 Å². The molecular weight excluding hydrogens is 280 g/mol. The highest BCUT2D eigenvalue weighted by Crippen LogP contribution is 2.11. The average molecular weight is 304 g/mol. The molecule has 0 saturated carbocycles. The zero-order valence-electron chi connectivity index (χ0n) is 13.5. The van der Waals surface area contributed by atoms with E-state index < -0.39 is 0 Å². The lowest BCUT2D eigenvalue weighted by molar-refractivity contribution is -0.0678. The molecule has 1 aliphatic heterocycles. The molecule has 120 valence electrons. The maximum absolute atomic E-state index is 5.75. The van der Waals surface area contributed by atoms with Gasteiger partial charge in [0.25, 0.3) is 0 Å². The Hall–Kier alpha value is -1.73. The van der Waals surface area contributed by atoms with Gasteiger partial charge in [0.1, 0.15) is 11.6 Å². The van der Waals surface area contributed by atoms with Gasteiger partial charge in [-0.3, -0.25) is 4.90 Å². The molecular formula is C15H24N6O. The summed E-state index contributed by atoms with van der Waals surface area (Å²) in [5, 5.41) is 12.0. The highest BCUT2D eigenvalue weighted by Gasteiger charge is 2.21. The molecule has 2 atom stereocenters. The second kappa shape index (κ2) is 6.58. The largest absolute Gasteiger partial charge is 0.373 e. The van der Waals surface area contributed by atoms with E-state index in [0.717, 1.165) is 49.9 Å². The number of hydrogen-bond donors (Lipinski definition) is 1. The molecule has 0 bridgehead atoms. The van der Waals surface area contributed by atoms with Crippen molar-refractivity contribution in [1.82, 2.24) is 24.7 Å². The predicted molar refractivity (Wildman–Crippen MR) is 85.1 cm³/mol. The summed E-state index contributed by atoms with van der Waals surface area (Å²) in [6, 6.07) is 3.88. The second-order valence-corrected chi connectivity index (χ2v) is 6.02. The number of aromatic nitrogens is 4. The van der Waals surface area contributed by atoms with Crippen molar-refractivity contribution in [3.63, 3.8) is 0 Å². The van der Waals surface area contributed by atoms with Crippen LogP contribution < -0.4 is 5.32 Å². The van der Waals surface area contributed by atoms with Crippen molar-refractivity contribution in [2.24, 2.45) is 0 Å². The van der Waals surface area contributed by atoms with Crippen molar-refractivity contribution < 1.29 is 4.74 Å². The van der Waals surface area contributed by atoms with E-state index in [2.05, 4.69) is 39.2 Å². The lowest BCUT2D eigenvalue weighted by atomic mass is 10.2. The number of morpholine rings is 1. The second-order valence-electron chi connectivity index (χ2n) is 6.02. The molecule has 2 aromatic rings. The summed E-state index contributed by atoms with van der Waals surface area (Å²) in [4.78, 5) is 6.74. The SMILES string of the molecule is Cc1nc2ccc(NCCCN3C[C@@H](C)O[C@H](C)C3)nn2n1. The smallest absolute Gasteiger partial charge is 0.176 e. The van der Waals surface area contributed by atoms with Crippen molar-refractivity contribution in [2.75, 3.05) is 31.5 Å². The molecule has 1 saturated heterocycles. The molecule has 3 rings (SSSR count). The van der Waals surface area contributed by atoms with Crippen LogP contribution in [0.5, 0.6) is 0 Å². The van der Waals surface area contributed by atoms with Gasteiger partial charge in [-0.05, 0) is 39.3 Å². The van der Waals surface area contributed by atoms with E-state index in [4.69, 9.17) is 4.74 Å². The van der Waals surface area contributed by atoms with E-state index in [1.165, 1.54) is 0 Å². The van der Waals surface area contributed by atoms with Gasteiger partial charge in [0, 0.05) is 26.2 Å². The van der Waals surface area contributed by atoms with Crippen LogP contribution in [0.25, 0.3) is 5.65 Å². The van der Waals surface area contributed by atoms with E-state index in [-0.39, 0.29) is 0 Å². The summed E-state index contributed by atoms with van der Waals surface area (Å²) >= 11 is 0. The Bertz CT molecular complexity index is 618. The van der Waals surface area contributed by atoms with Crippen molar-refractivity contribution >= 4 is 11.5 Å². The molecule has 7 nitrogen and oxygen atoms in total. The maximum atomic E-state index is 5.75. The molecule has 7 heteroatoms. The van der Waals surface area contributed by atoms with Gasteiger partial charge in [0.2, 0.25) is 0 Å². The summed E-state index contributed by atoms with van der Waals surface area (Å²) in [6.07, 6.45) is 1.74. The van der Waals surface area contributed by atoms with Crippen LogP contribution >= 0.6 is 0 Å². The van der Waals surface area contributed by atoms with Gasteiger partial charge in [-0.2, -0.15) is 0 Å². The average Bonchev–Trinajstić information content (AvgIpc) is 2.82. The van der Waals surface area contributed by atoms with E-state index >= 15 is 0 Å². The monoisotopic (exact) mass is 304 g/mol. The summed E-state index contributed by atoms with van der Waals surface area (Å²) in [7, 11) is 0. The lowest BCUT2D eigenvalue weighted by Gasteiger charge is -2.35. The maximum Gasteiger partial charge on any atom is 0.176 e. The molecule has 0 amide bonds. The fraction of sp³-hybridized carbons (Fsp3) is 0.667. The minimum Gasteiger partial charge on any atom is -0.373 e. The van der Waals surface area contributed by atoms with Crippen LogP contribution in [0.2, 0.25) is 0 Å². The Morgan fingerprint density at radius 2 is 2.00 bits per heavy atom. The molecule has 1 N–H and O–H groups in total. The molecule has 0 aliphatic carbocycles. The number of hydrogen-bond acceptors (Lipinski definition) is 6. The first-order chi connectivity index (χ1) is 10.6. The third kappa shape index (κ3) is 3.72. The fourth-order valence-corrected chi connectivity index (χ4v) is 2.97. The molecule has 2 aromatic heterocycles. The van der Waals surface area contributed by atoms with E-state index in [0.29, 0.717) is 12.2 Å². The van der Waals surface area contributed by atoms with E-state index in [9.17, 15) is 0 Å². The molecule has 0 spiro atoms. The Labute approximate surface area is 130 Å². The first-order valence-electron chi connectivity index (χ1n) is 7.92. The van der Waals surface area contributed by atoms with Gasteiger partial charge in [-0.25, -0.2) is 4.98 Å². The number of nitrogens with zero attached hydrogens (tertiary/aromatic N) is 5. The lowest BCUT2D eigenvalue weighted by Crippen LogP contribution is -2.45. The summed E-state index contributed by atoms with van der Waals surface area (Å²) < 4.78 is 7.32. The predicted octanol–water partition coefficient (Wildman–Crippen LogP) is 1.34. The van der Waals surface area contributed by atoms with Crippen LogP contribution in [0, 0.1) is 6.92 Å². The van der Waals surface area contributed by atoms with Crippen LogP contribution in [-0.2, 0) is 4.74 Å². The van der Waals surface area contributed by atoms with Crippen LogP contribution in [-0.4, -0.2) is 63.1 Å². The van der Waals surface area contributed by atoms with Crippen molar-refractivity contribution in [2.45, 2.75) is 39.4 Å². The summed E-state index contributed by atoms with van der Waals surface area (Å²) in [5.74, 6) is 1.57. The quantitative estimate of drug-likeness (QED) is 0.841. The van der Waals surface area contributed by atoms with Gasteiger partial charge in [-0.15, -0.1) is 14.8 Å². The van der Waals surface area contributed by atoms with Crippen molar-refractivity contribution in [3.05, 3.63) is 18.0 Å². The van der Waals surface area contributed by atoms with Crippen molar-refractivity contribution in [1.29, 1.82) is 0 Å². The molecule has 1 fully saturated rings. The standard InChI is InChI=1S/C15H24N6O/c1-11-9-20(10-12(2)22-11)8-4-7-16-14-5-6-15-17-13(3)18-21(15)19-14/h5-6,11-12H,4,7-10H2,1-3H3,(H,16,19)/t11-,12-/m1/s1. The number of fused-ring (bicyclic) bond motifs is 1. The van der Waals surface area contributed by atoms with Gasteiger partial charge in [-0.1, -0.05) is 0 Å². The normalized spacial score (nSPS) is 23.0. The van der Waals surface area contributed by atoms with Gasteiger partial charge >= 0.3 is 0 Å². The summed E-state index contributed by atoms with van der Waals surface area (Å²) in [5.41, 5.74) is 0.777. The van der Waals surface area contributed by atoms with Crippen LogP contribution in [0.15, 0.2) is 12.1 Å². The Morgan fingerprint density at radius 3 is 2.77 bits per heavy atom.